The van der Waals surface area contributed by atoms with Gasteiger partial charge in [0.1, 0.15) is 5.75 Å². The SMILES string of the molecule is COc1ccccc1C(=O)N1CCSC(C)C1C. The second kappa shape index (κ2) is 5.65. The number of hydrogen-bond acceptors (Lipinski definition) is 3. The van der Waals surface area contributed by atoms with E-state index in [1.165, 1.54) is 0 Å². The first-order valence-corrected chi connectivity index (χ1v) is 7.25. The Bertz CT molecular complexity index is 436. The molecule has 2 atom stereocenters. The first-order valence-electron chi connectivity index (χ1n) is 6.20. The van der Waals surface area contributed by atoms with Crippen LogP contribution in [0.25, 0.3) is 0 Å². The molecule has 0 aromatic heterocycles. The molecule has 0 bridgehead atoms. The van der Waals surface area contributed by atoms with Gasteiger partial charge < -0.3 is 9.64 Å². The molecule has 2 unspecified atom stereocenters. The summed E-state index contributed by atoms with van der Waals surface area (Å²) in [6.45, 7) is 5.11. The first kappa shape index (κ1) is 13.3. The maximum atomic E-state index is 12.6. The van der Waals surface area contributed by atoms with Gasteiger partial charge in [-0.25, -0.2) is 0 Å². The Hall–Kier alpha value is -1.16. The Kier molecular flexibility index (Phi) is 4.17. The van der Waals surface area contributed by atoms with Crippen molar-refractivity contribution in [3.05, 3.63) is 29.8 Å². The number of rotatable bonds is 2. The standard InChI is InChI=1S/C14H19NO2S/c1-10-11(2)18-9-8-15(10)14(16)12-6-4-5-7-13(12)17-3/h4-7,10-11H,8-9H2,1-3H3. The summed E-state index contributed by atoms with van der Waals surface area (Å²) in [4.78, 5) is 14.5. The molecule has 2 rings (SSSR count). The zero-order valence-electron chi connectivity index (χ0n) is 11.1. The van der Waals surface area contributed by atoms with Gasteiger partial charge in [-0.05, 0) is 19.1 Å². The van der Waals surface area contributed by atoms with E-state index >= 15 is 0 Å². The van der Waals surface area contributed by atoms with Gasteiger partial charge in [0, 0.05) is 23.6 Å². The van der Waals surface area contributed by atoms with E-state index in [9.17, 15) is 4.79 Å². The van der Waals surface area contributed by atoms with Crippen molar-refractivity contribution >= 4 is 17.7 Å². The minimum absolute atomic E-state index is 0.0760. The third-order valence-electron chi connectivity index (χ3n) is 3.48. The summed E-state index contributed by atoms with van der Waals surface area (Å²) < 4.78 is 5.27. The molecule has 1 aliphatic heterocycles. The number of benzene rings is 1. The summed E-state index contributed by atoms with van der Waals surface area (Å²) in [5.74, 6) is 1.74. The predicted molar refractivity (Wildman–Crippen MR) is 75.4 cm³/mol. The maximum Gasteiger partial charge on any atom is 0.257 e. The molecule has 98 valence electrons. The van der Waals surface area contributed by atoms with E-state index in [2.05, 4.69) is 13.8 Å². The minimum atomic E-state index is 0.0760. The zero-order valence-corrected chi connectivity index (χ0v) is 11.9. The normalized spacial score (nSPS) is 23.8. The van der Waals surface area contributed by atoms with E-state index in [1.54, 1.807) is 7.11 Å². The van der Waals surface area contributed by atoms with Crippen molar-refractivity contribution in [2.45, 2.75) is 25.1 Å². The first-order chi connectivity index (χ1) is 8.65. The molecule has 1 aromatic carbocycles. The van der Waals surface area contributed by atoms with E-state index in [0.29, 0.717) is 16.6 Å². The van der Waals surface area contributed by atoms with E-state index in [-0.39, 0.29) is 11.9 Å². The number of nitrogens with zero attached hydrogens (tertiary/aromatic N) is 1. The van der Waals surface area contributed by atoms with Gasteiger partial charge in [0.2, 0.25) is 0 Å². The van der Waals surface area contributed by atoms with Gasteiger partial charge in [-0.3, -0.25) is 4.79 Å². The molecule has 0 saturated carbocycles. The van der Waals surface area contributed by atoms with Crippen molar-refractivity contribution in [2.75, 3.05) is 19.4 Å². The minimum Gasteiger partial charge on any atom is -0.496 e. The van der Waals surface area contributed by atoms with Crippen LogP contribution in [0, 0.1) is 0 Å². The van der Waals surface area contributed by atoms with Crippen LogP contribution in [-0.2, 0) is 0 Å². The number of methoxy groups -OCH3 is 1. The molecule has 0 spiro atoms. The number of hydrogen-bond donors (Lipinski definition) is 0. The topological polar surface area (TPSA) is 29.5 Å². The summed E-state index contributed by atoms with van der Waals surface area (Å²) in [5, 5.41) is 0.484. The third-order valence-corrected chi connectivity index (χ3v) is 4.82. The summed E-state index contributed by atoms with van der Waals surface area (Å²) in [6.07, 6.45) is 0. The van der Waals surface area contributed by atoms with Crippen LogP contribution >= 0.6 is 11.8 Å². The Balaban J connectivity index is 2.25. The predicted octanol–water partition coefficient (Wildman–Crippen LogP) is 2.66. The molecule has 4 heteroatoms. The smallest absolute Gasteiger partial charge is 0.257 e. The fourth-order valence-electron chi connectivity index (χ4n) is 2.20. The van der Waals surface area contributed by atoms with Gasteiger partial charge in [-0.15, -0.1) is 0 Å². The van der Waals surface area contributed by atoms with Crippen molar-refractivity contribution < 1.29 is 9.53 Å². The molecule has 1 fully saturated rings. The lowest BCUT2D eigenvalue weighted by molar-refractivity contribution is 0.0695. The van der Waals surface area contributed by atoms with Gasteiger partial charge in [-0.2, -0.15) is 11.8 Å². The molecule has 1 aliphatic rings. The number of amides is 1. The highest BCUT2D eigenvalue weighted by Gasteiger charge is 2.30. The maximum absolute atomic E-state index is 12.6. The summed E-state index contributed by atoms with van der Waals surface area (Å²) in [7, 11) is 1.60. The van der Waals surface area contributed by atoms with Crippen molar-refractivity contribution in [3.8, 4) is 5.75 Å². The molecule has 18 heavy (non-hydrogen) atoms. The van der Waals surface area contributed by atoms with Crippen LogP contribution in [-0.4, -0.2) is 41.5 Å². The highest BCUT2D eigenvalue weighted by molar-refractivity contribution is 8.00. The summed E-state index contributed by atoms with van der Waals surface area (Å²) in [6, 6.07) is 7.69. The van der Waals surface area contributed by atoms with Crippen LogP contribution in [0.5, 0.6) is 5.75 Å². The molecular formula is C14H19NO2S. The van der Waals surface area contributed by atoms with Crippen molar-refractivity contribution in [1.82, 2.24) is 4.90 Å². The second-order valence-corrected chi connectivity index (χ2v) is 6.00. The quantitative estimate of drug-likeness (QED) is 0.823. The Morgan fingerprint density at radius 3 is 2.83 bits per heavy atom. The molecule has 1 aromatic rings. The average Bonchev–Trinajstić information content (AvgIpc) is 2.41. The van der Waals surface area contributed by atoms with Gasteiger partial charge in [0.15, 0.2) is 0 Å². The average molecular weight is 265 g/mol. The number of carbonyl (C=O) groups is 1. The molecule has 1 heterocycles. The van der Waals surface area contributed by atoms with Gasteiger partial charge in [0.25, 0.3) is 5.91 Å². The molecular weight excluding hydrogens is 246 g/mol. The molecule has 1 amide bonds. The van der Waals surface area contributed by atoms with Gasteiger partial charge >= 0.3 is 0 Å². The lowest BCUT2D eigenvalue weighted by Gasteiger charge is -2.37. The summed E-state index contributed by atoms with van der Waals surface area (Å²) in [5.41, 5.74) is 0.658. The third kappa shape index (κ3) is 2.48. The largest absolute Gasteiger partial charge is 0.496 e. The Morgan fingerprint density at radius 2 is 2.11 bits per heavy atom. The second-order valence-electron chi connectivity index (χ2n) is 4.52. The van der Waals surface area contributed by atoms with Crippen molar-refractivity contribution in [2.24, 2.45) is 0 Å². The lowest BCUT2D eigenvalue weighted by Crippen LogP contribution is -2.48. The number of ether oxygens (including phenoxy) is 1. The van der Waals surface area contributed by atoms with Crippen LogP contribution < -0.4 is 4.74 Å². The highest BCUT2D eigenvalue weighted by atomic mass is 32.2. The summed E-state index contributed by atoms with van der Waals surface area (Å²) >= 11 is 1.93. The number of carbonyl (C=O) groups excluding carboxylic acids is 1. The molecule has 0 aliphatic carbocycles. The zero-order chi connectivity index (χ0) is 13.1. The lowest BCUT2D eigenvalue weighted by atomic mass is 10.1. The van der Waals surface area contributed by atoms with E-state index in [1.807, 2.05) is 40.9 Å². The fourth-order valence-corrected chi connectivity index (χ4v) is 3.30. The molecule has 0 radical (unpaired) electrons. The molecule has 0 N–H and O–H groups in total. The van der Waals surface area contributed by atoms with Crippen molar-refractivity contribution in [1.29, 1.82) is 0 Å². The van der Waals surface area contributed by atoms with Gasteiger partial charge in [-0.1, -0.05) is 19.1 Å². The monoisotopic (exact) mass is 265 g/mol. The van der Waals surface area contributed by atoms with E-state index in [0.717, 1.165) is 12.3 Å². The van der Waals surface area contributed by atoms with E-state index < -0.39 is 0 Å². The number of para-hydroxylation sites is 1. The molecule has 3 nitrogen and oxygen atoms in total. The van der Waals surface area contributed by atoms with Crippen LogP contribution in [0.2, 0.25) is 0 Å². The van der Waals surface area contributed by atoms with Crippen molar-refractivity contribution in [3.63, 3.8) is 0 Å². The molecule has 1 saturated heterocycles. The van der Waals surface area contributed by atoms with E-state index in [4.69, 9.17) is 4.74 Å². The Morgan fingerprint density at radius 1 is 1.39 bits per heavy atom. The Labute approximate surface area is 113 Å². The fraction of sp³-hybridized carbons (Fsp3) is 0.500. The van der Waals surface area contributed by atoms with Gasteiger partial charge in [0.05, 0.1) is 12.7 Å². The number of thioether (sulfide) groups is 1. The highest BCUT2D eigenvalue weighted by Crippen LogP contribution is 2.27. The van der Waals surface area contributed by atoms with Crippen LogP contribution in [0.15, 0.2) is 24.3 Å². The van der Waals surface area contributed by atoms with Crippen LogP contribution in [0.1, 0.15) is 24.2 Å². The van der Waals surface area contributed by atoms with Crippen LogP contribution in [0.3, 0.4) is 0 Å². The van der Waals surface area contributed by atoms with Crippen LogP contribution in [0.4, 0.5) is 0 Å².